The number of carbonyl (C=O) groups excluding carboxylic acids is 1. The lowest BCUT2D eigenvalue weighted by Crippen LogP contribution is -2.25. The summed E-state index contributed by atoms with van der Waals surface area (Å²) in [5, 5.41) is 18.5. The van der Waals surface area contributed by atoms with Crippen LogP contribution in [0.5, 0.6) is 0 Å². The Hall–Kier alpha value is -3.68. The van der Waals surface area contributed by atoms with E-state index in [1.165, 1.54) is 0 Å². The van der Waals surface area contributed by atoms with Crippen molar-refractivity contribution in [1.82, 2.24) is 10.3 Å². The zero-order chi connectivity index (χ0) is 18.7. The third-order valence-corrected chi connectivity index (χ3v) is 3.72. The Bertz CT molecular complexity index is 992. The highest BCUT2D eigenvalue weighted by Gasteiger charge is 2.12. The van der Waals surface area contributed by atoms with E-state index in [-0.39, 0.29) is 24.7 Å². The normalized spacial score (nSPS) is 10.6. The molecule has 2 aromatic carbocycles. The van der Waals surface area contributed by atoms with Crippen molar-refractivity contribution in [3.63, 3.8) is 0 Å². The summed E-state index contributed by atoms with van der Waals surface area (Å²) < 4.78 is 5.70. The van der Waals surface area contributed by atoms with Crippen molar-refractivity contribution >= 4 is 28.8 Å². The van der Waals surface area contributed by atoms with Crippen LogP contribution in [0.4, 0.5) is 0 Å². The van der Waals surface area contributed by atoms with Crippen molar-refractivity contribution in [3.8, 4) is 11.5 Å². The number of amidine groups is 1. The molecule has 5 N–H and O–H groups in total. The van der Waals surface area contributed by atoms with Gasteiger partial charge >= 0.3 is 5.97 Å². The Balaban J connectivity index is 1.81. The molecule has 0 aliphatic carbocycles. The Morgan fingerprint density at radius 2 is 1.85 bits per heavy atom. The van der Waals surface area contributed by atoms with E-state index in [2.05, 4.69) is 10.3 Å². The van der Waals surface area contributed by atoms with Crippen LogP contribution >= 0.6 is 0 Å². The number of aliphatic carboxylic acids is 1. The molecule has 8 nitrogen and oxygen atoms in total. The first-order valence-electron chi connectivity index (χ1n) is 7.79. The third-order valence-electron chi connectivity index (χ3n) is 3.72. The van der Waals surface area contributed by atoms with E-state index in [9.17, 15) is 9.59 Å². The highest BCUT2D eigenvalue weighted by atomic mass is 16.4. The van der Waals surface area contributed by atoms with Crippen molar-refractivity contribution in [1.29, 1.82) is 5.41 Å². The zero-order valence-corrected chi connectivity index (χ0v) is 13.7. The number of amides is 1. The number of rotatable bonds is 6. The van der Waals surface area contributed by atoms with Gasteiger partial charge in [0.25, 0.3) is 5.91 Å². The van der Waals surface area contributed by atoms with Gasteiger partial charge in [0.05, 0.1) is 6.42 Å². The number of oxazole rings is 1. The molecule has 0 fully saturated rings. The van der Waals surface area contributed by atoms with Crippen LogP contribution in [0.3, 0.4) is 0 Å². The number of carboxylic acid groups (broad SMARTS) is 1. The van der Waals surface area contributed by atoms with Gasteiger partial charge in [-0.2, -0.15) is 0 Å². The number of hydrogen-bond acceptors (Lipinski definition) is 5. The highest BCUT2D eigenvalue weighted by molar-refractivity contribution is 5.97. The predicted molar refractivity (Wildman–Crippen MR) is 95.0 cm³/mol. The van der Waals surface area contributed by atoms with Crippen LogP contribution in [0, 0.1) is 5.41 Å². The summed E-state index contributed by atoms with van der Waals surface area (Å²) in [7, 11) is 0. The number of nitrogens with zero attached hydrogens (tertiary/aromatic N) is 1. The molecule has 1 heterocycles. The standard InChI is InChI=1S/C18H16N4O4/c19-16(20)10-1-3-11(4-2-10)18-22-13-9-12(5-6-14(13)26-18)17(25)21-8-7-15(23)24/h1-6,9H,7-8H2,(H3,19,20)(H,21,25)(H,23,24). The van der Waals surface area contributed by atoms with Gasteiger partial charge in [0.1, 0.15) is 11.4 Å². The fourth-order valence-electron chi connectivity index (χ4n) is 2.37. The van der Waals surface area contributed by atoms with Gasteiger partial charge in [0.15, 0.2) is 5.58 Å². The van der Waals surface area contributed by atoms with E-state index < -0.39 is 5.97 Å². The highest BCUT2D eigenvalue weighted by Crippen LogP contribution is 2.25. The van der Waals surface area contributed by atoms with Crippen LogP contribution < -0.4 is 11.1 Å². The second kappa shape index (κ2) is 7.06. The summed E-state index contributed by atoms with van der Waals surface area (Å²) in [5.41, 5.74) is 8.17. The molecule has 132 valence electrons. The summed E-state index contributed by atoms with van der Waals surface area (Å²) in [6, 6.07) is 11.7. The van der Waals surface area contributed by atoms with Crippen LogP contribution in [0.2, 0.25) is 0 Å². The lowest BCUT2D eigenvalue weighted by Gasteiger charge is -2.02. The van der Waals surface area contributed by atoms with Gasteiger partial charge in [0.2, 0.25) is 5.89 Å². The number of carboxylic acids is 1. The number of nitrogens with one attached hydrogen (secondary N) is 2. The van der Waals surface area contributed by atoms with Crippen molar-refractivity contribution in [2.24, 2.45) is 5.73 Å². The van der Waals surface area contributed by atoms with Crippen LogP contribution in [0.15, 0.2) is 46.9 Å². The van der Waals surface area contributed by atoms with Crippen molar-refractivity contribution in [2.75, 3.05) is 6.54 Å². The Morgan fingerprint density at radius 1 is 1.15 bits per heavy atom. The molecule has 0 saturated carbocycles. The van der Waals surface area contributed by atoms with Gasteiger partial charge in [-0.3, -0.25) is 15.0 Å². The van der Waals surface area contributed by atoms with Crippen LogP contribution in [0.25, 0.3) is 22.6 Å². The molecule has 0 unspecified atom stereocenters. The molecule has 0 aliphatic rings. The van der Waals surface area contributed by atoms with E-state index in [1.54, 1.807) is 42.5 Å². The molecule has 0 bridgehead atoms. The summed E-state index contributed by atoms with van der Waals surface area (Å²) in [5.74, 6) is -0.979. The van der Waals surface area contributed by atoms with Gasteiger partial charge in [-0.15, -0.1) is 0 Å². The minimum Gasteiger partial charge on any atom is -0.481 e. The summed E-state index contributed by atoms with van der Waals surface area (Å²) >= 11 is 0. The van der Waals surface area contributed by atoms with Gasteiger partial charge in [-0.25, -0.2) is 4.98 Å². The topological polar surface area (TPSA) is 142 Å². The Morgan fingerprint density at radius 3 is 2.50 bits per heavy atom. The molecule has 8 heteroatoms. The molecular weight excluding hydrogens is 336 g/mol. The number of hydrogen-bond donors (Lipinski definition) is 4. The average molecular weight is 352 g/mol. The SMILES string of the molecule is N=C(N)c1ccc(-c2nc3cc(C(=O)NCCC(=O)O)ccc3o2)cc1. The first-order valence-corrected chi connectivity index (χ1v) is 7.79. The molecule has 0 saturated heterocycles. The second-order valence-corrected chi connectivity index (χ2v) is 5.59. The Kier molecular flexibility index (Phi) is 4.66. The lowest BCUT2D eigenvalue weighted by atomic mass is 10.1. The molecule has 0 atom stereocenters. The fraction of sp³-hybridized carbons (Fsp3) is 0.111. The molecule has 3 aromatic rings. The maximum atomic E-state index is 12.1. The largest absolute Gasteiger partial charge is 0.481 e. The van der Waals surface area contributed by atoms with Crippen LogP contribution in [-0.4, -0.2) is 34.3 Å². The van der Waals surface area contributed by atoms with Gasteiger partial charge in [0, 0.05) is 23.2 Å². The number of benzene rings is 2. The summed E-state index contributed by atoms with van der Waals surface area (Å²) in [6.07, 6.45) is -0.141. The quantitative estimate of drug-likeness (QED) is 0.395. The fourth-order valence-corrected chi connectivity index (χ4v) is 2.37. The van der Waals surface area contributed by atoms with Gasteiger partial charge in [-0.1, -0.05) is 12.1 Å². The minimum atomic E-state index is -0.974. The maximum absolute atomic E-state index is 12.1. The van der Waals surface area contributed by atoms with Crippen molar-refractivity contribution in [3.05, 3.63) is 53.6 Å². The maximum Gasteiger partial charge on any atom is 0.305 e. The minimum absolute atomic E-state index is 0.0207. The number of nitrogens with two attached hydrogens (primary N) is 1. The molecular formula is C18H16N4O4. The van der Waals surface area contributed by atoms with E-state index in [0.29, 0.717) is 28.1 Å². The van der Waals surface area contributed by atoms with Gasteiger partial charge < -0.3 is 20.6 Å². The summed E-state index contributed by atoms with van der Waals surface area (Å²) in [4.78, 5) is 26.9. The van der Waals surface area contributed by atoms with E-state index in [0.717, 1.165) is 5.56 Å². The molecule has 1 amide bonds. The average Bonchev–Trinajstić information content (AvgIpc) is 3.04. The monoisotopic (exact) mass is 352 g/mol. The number of nitrogen functional groups attached to an aromatic ring is 1. The van der Waals surface area contributed by atoms with Crippen molar-refractivity contribution < 1.29 is 19.1 Å². The molecule has 3 rings (SSSR count). The lowest BCUT2D eigenvalue weighted by molar-refractivity contribution is -0.136. The molecule has 0 radical (unpaired) electrons. The first-order chi connectivity index (χ1) is 12.4. The molecule has 0 spiro atoms. The van der Waals surface area contributed by atoms with Gasteiger partial charge in [-0.05, 0) is 30.3 Å². The summed E-state index contributed by atoms with van der Waals surface area (Å²) in [6.45, 7) is 0.0543. The second-order valence-electron chi connectivity index (χ2n) is 5.59. The van der Waals surface area contributed by atoms with E-state index in [1.807, 2.05) is 0 Å². The van der Waals surface area contributed by atoms with Crippen LogP contribution in [-0.2, 0) is 4.79 Å². The third kappa shape index (κ3) is 3.69. The number of aromatic nitrogens is 1. The smallest absolute Gasteiger partial charge is 0.305 e. The molecule has 26 heavy (non-hydrogen) atoms. The predicted octanol–water partition coefficient (Wildman–Crippen LogP) is 1.98. The molecule has 0 aliphatic heterocycles. The first kappa shape index (κ1) is 17.2. The number of carbonyl (C=O) groups is 2. The van der Waals surface area contributed by atoms with E-state index in [4.69, 9.17) is 20.7 Å². The van der Waals surface area contributed by atoms with E-state index >= 15 is 0 Å². The molecule has 1 aromatic heterocycles. The van der Waals surface area contributed by atoms with Crippen molar-refractivity contribution in [2.45, 2.75) is 6.42 Å². The Labute approximate surface area is 148 Å². The number of fused-ring (bicyclic) bond motifs is 1. The van der Waals surface area contributed by atoms with Crippen LogP contribution in [0.1, 0.15) is 22.3 Å². The zero-order valence-electron chi connectivity index (χ0n) is 13.7.